The molecule has 0 saturated heterocycles. The number of nitrogen functional groups attached to an aromatic ring is 1. The van der Waals surface area contributed by atoms with E-state index in [-0.39, 0.29) is 0 Å². The van der Waals surface area contributed by atoms with Gasteiger partial charge < -0.3 is 32.4 Å². The Morgan fingerprint density at radius 1 is 0.561 bits per heavy atom. The summed E-state index contributed by atoms with van der Waals surface area (Å²) in [5.41, 5.74) is 25.3. The van der Waals surface area contributed by atoms with Gasteiger partial charge in [0.2, 0.25) is 0 Å². The molecule has 0 aromatic heterocycles. The fraction of sp³-hybridized carbons (Fsp3) is 0.0395. The van der Waals surface area contributed by atoms with Crippen LogP contribution in [0.5, 0.6) is 0 Å². The molecule has 0 heterocycles. The van der Waals surface area contributed by atoms with Crippen LogP contribution in [0.2, 0.25) is 0 Å². The second-order valence-electron chi connectivity index (χ2n) is 18.8. The molecule has 2 aliphatic carbocycles. The summed E-state index contributed by atoms with van der Waals surface area (Å²) in [5.74, 6) is 0. The number of anilines is 5. The predicted octanol–water partition coefficient (Wildman–Crippen LogP) is 19.9. The van der Waals surface area contributed by atoms with Crippen LogP contribution in [0.25, 0.3) is 44.5 Å². The SMILES string of the molecule is C=C(/C=C(\C=C/N/C(C=N)=C/C=C/NC1=C(c2cccc(-c3cccc(-c4ccccc4Nc4ccccc4)c3)c2)C=CC1)c1ccc(Nc2ccccc2)c(-c2ccccc2)c1)C1=CCC=C1.C=CC.C=CC=C.Nc1ccccc1. The van der Waals surface area contributed by atoms with Gasteiger partial charge in [-0.05, 0) is 154 Å². The van der Waals surface area contributed by atoms with E-state index in [4.69, 9.17) is 11.1 Å². The van der Waals surface area contributed by atoms with Crippen LogP contribution < -0.4 is 27.0 Å². The fourth-order valence-corrected chi connectivity index (χ4v) is 8.85. The molecule has 82 heavy (non-hydrogen) atoms. The Morgan fingerprint density at radius 2 is 1.12 bits per heavy atom. The Bertz CT molecular complexity index is 3660. The van der Waals surface area contributed by atoms with Crippen LogP contribution in [-0.4, -0.2) is 6.21 Å². The normalized spacial score (nSPS) is 12.4. The van der Waals surface area contributed by atoms with Gasteiger partial charge in [-0.1, -0.05) is 214 Å². The van der Waals surface area contributed by atoms with Gasteiger partial charge in [0.15, 0.2) is 0 Å². The molecule has 0 atom stereocenters. The first-order valence-corrected chi connectivity index (χ1v) is 27.3. The summed E-state index contributed by atoms with van der Waals surface area (Å²) in [5, 5.41) is 22.3. The molecule has 0 aliphatic heterocycles. The topological polar surface area (TPSA) is 98.0 Å². The van der Waals surface area contributed by atoms with E-state index < -0.39 is 0 Å². The monoisotopic (exact) mass is 1070 g/mol. The van der Waals surface area contributed by atoms with E-state index in [0.29, 0.717) is 5.70 Å². The van der Waals surface area contributed by atoms with Crippen LogP contribution in [0.3, 0.4) is 0 Å². The summed E-state index contributed by atoms with van der Waals surface area (Å²) >= 11 is 0. The molecule has 7 N–H and O–H groups in total. The van der Waals surface area contributed by atoms with Crippen molar-refractivity contribution in [2.45, 2.75) is 19.8 Å². The average Bonchev–Trinajstić information content (AvgIpc) is 4.30. The smallest absolute Gasteiger partial charge is 0.0559 e. The highest BCUT2D eigenvalue weighted by Crippen LogP contribution is 2.37. The first-order valence-electron chi connectivity index (χ1n) is 27.3. The molecule has 0 fully saturated rings. The second kappa shape index (κ2) is 32.3. The van der Waals surface area contributed by atoms with Crippen molar-refractivity contribution in [2.24, 2.45) is 0 Å². The van der Waals surface area contributed by atoms with E-state index >= 15 is 0 Å². The second-order valence-corrected chi connectivity index (χ2v) is 18.8. The number of hydrogen-bond donors (Lipinski definition) is 6. The molecule has 0 unspecified atom stereocenters. The maximum Gasteiger partial charge on any atom is 0.0559 e. The van der Waals surface area contributed by atoms with E-state index in [0.717, 1.165) is 114 Å². The third kappa shape index (κ3) is 17.9. The molecule has 0 radical (unpaired) electrons. The fourth-order valence-electron chi connectivity index (χ4n) is 8.85. The maximum absolute atomic E-state index is 8.21. The van der Waals surface area contributed by atoms with Gasteiger partial charge in [0, 0.05) is 75.9 Å². The number of nitrogens with two attached hydrogens (primary N) is 1. The zero-order chi connectivity index (χ0) is 57.6. The third-order valence-corrected chi connectivity index (χ3v) is 12.8. The van der Waals surface area contributed by atoms with Gasteiger partial charge in [0.05, 0.1) is 5.70 Å². The molecule has 0 saturated carbocycles. The van der Waals surface area contributed by atoms with E-state index in [1.807, 2.05) is 110 Å². The highest BCUT2D eigenvalue weighted by atomic mass is 14.9. The van der Waals surface area contributed by atoms with Crippen LogP contribution in [-0.2, 0) is 0 Å². The summed E-state index contributed by atoms with van der Waals surface area (Å²) in [4.78, 5) is 0. The molecule has 0 amide bonds. The summed E-state index contributed by atoms with van der Waals surface area (Å²) < 4.78 is 0. The van der Waals surface area contributed by atoms with Gasteiger partial charge in [-0.25, -0.2) is 0 Å². The number of benzene rings is 8. The largest absolute Gasteiger partial charge is 0.399 e. The maximum atomic E-state index is 8.21. The van der Waals surface area contributed by atoms with Crippen molar-refractivity contribution in [3.8, 4) is 33.4 Å². The van der Waals surface area contributed by atoms with Crippen LogP contribution in [0, 0.1) is 5.41 Å². The molecular formula is C76H72N6. The molecule has 2 aliphatic rings. The van der Waals surface area contributed by atoms with Crippen LogP contribution in [0.4, 0.5) is 28.4 Å². The predicted molar refractivity (Wildman–Crippen MR) is 357 cm³/mol. The van der Waals surface area contributed by atoms with Crippen molar-refractivity contribution >= 4 is 45.8 Å². The van der Waals surface area contributed by atoms with Gasteiger partial charge in [0.25, 0.3) is 0 Å². The Morgan fingerprint density at radius 3 is 1.72 bits per heavy atom. The average molecular weight is 1070 g/mol. The molecule has 0 bridgehead atoms. The summed E-state index contributed by atoms with van der Waals surface area (Å²) in [7, 11) is 0. The molecule has 6 heteroatoms. The minimum atomic E-state index is 0.637. The molecule has 406 valence electrons. The van der Waals surface area contributed by atoms with Gasteiger partial charge in [-0.2, -0.15) is 0 Å². The van der Waals surface area contributed by atoms with Crippen molar-refractivity contribution in [3.63, 3.8) is 0 Å². The van der Waals surface area contributed by atoms with E-state index in [1.165, 1.54) is 6.21 Å². The van der Waals surface area contributed by atoms with Gasteiger partial charge >= 0.3 is 0 Å². The molecular weight excluding hydrogens is 997 g/mol. The number of rotatable bonds is 19. The lowest BCUT2D eigenvalue weighted by molar-refractivity contribution is 1.01. The molecule has 0 spiro atoms. The Kier molecular flexibility index (Phi) is 23.2. The number of hydrogen-bond acceptors (Lipinski definition) is 6. The van der Waals surface area contributed by atoms with E-state index in [2.05, 4.69) is 224 Å². The number of nitrogens with one attached hydrogen (secondary N) is 5. The number of para-hydroxylation sites is 4. The van der Waals surface area contributed by atoms with Crippen LogP contribution >= 0.6 is 0 Å². The highest BCUT2D eigenvalue weighted by Gasteiger charge is 2.14. The van der Waals surface area contributed by atoms with E-state index in [1.54, 1.807) is 18.2 Å². The van der Waals surface area contributed by atoms with Crippen LogP contribution in [0.1, 0.15) is 30.9 Å². The Labute approximate surface area is 486 Å². The standard InChI is InChI=1S/C63H53N5.C6H7N.C4H6.C3H6/c1-46(47-19-11-12-20-47)41-52(51-36-37-63(68-56-29-9-4-10-30-56)60(44-51)48-21-5-2-6-22-48)38-40-65-57(45-64)31-18-39-66-61-35-17-33-58(61)53-25-15-23-49(42-53)50-24-16-26-54(43-50)59-32-13-14-34-62(59)67-55-27-7-3-8-28-55;7-6-4-2-1-3-5-6;1-3-4-2;1-3-2/h2-11,13-34,36-45,64-68H,1,12,35H2;1-5H,7H2;3-4H,1-2H2;3H,1H2,2H3/b39-18+,40-38-,52-41+,57-31+,64-45?;;;. The van der Waals surface area contributed by atoms with Gasteiger partial charge in [0.1, 0.15) is 0 Å². The molecule has 10 rings (SSSR count). The zero-order valence-corrected chi connectivity index (χ0v) is 46.7. The van der Waals surface area contributed by atoms with Gasteiger partial charge in [-0.3, -0.25) is 0 Å². The Hall–Kier alpha value is -10.7. The van der Waals surface area contributed by atoms with Crippen molar-refractivity contribution in [2.75, 3.05) is 16.4 Å². The minimum Gasteiger partial charge on any atom is -0.399 e. The summed E-state index contributed by atoms with van der Waals surface area (Å²) in [6.07, 6.45) is 30.7. The number of allylic oxidation sites excluding steroid dienone is 17. The Balaban J connectivity index is 0.000000614. The minimum absolute atomic E-state index is 0.637. The molecule has 8 aromatic carbocycles. The third-order valence-electron chi connectivity index (χ3n) is 12.8. The lowest BCUT2D eigenvalue weighted by Gasteiger charge is -2.15. The quantitative estimate of drug-likeness (QED) is 0.0210. The van der Waals surface area contributed by atoms with Crippen LogP contribution in [0.15, 0.2) is 346 Å². The van der Waals surface area contributed by atoms with Crippen molar-refractivity contribution in [1.29, 1.82) is 5.41 Å². The summed E-state index contributed by atoms with van der Waals surface area (Å²) in [6, 6.07) is 72.9. The first-order chi connectivity index (χ1) is 40.3. The summed E-state index contributed by atoms with van der Waals surface area (Å²) in [6.45, 7) is 16.4. The first kappa shape index (κ1) is 59.0. The highest BCUT2D eigenvalue weighted by molar-refractivity contribution is 5.88. The lowest BCUT2D eigenvalue weighted by atomic mass is 9.95. The molecule has 8 aromatic rings. The molecule has 6 nitrogen and oxygen atoms in total. The van der Waals surface area contributed by atoms with Crippen molar-refractivity contribution < 1.29 is 0 Å². The lowest BCUT2D eigenvalue weighted by Crippen LogP contribution is -2.06. The van der Waals surface area contributed by atoms with Crippen molar-refractivity contribution in [3.05, 3.63) is 358 Å². The van der Waals surface area contributed by atoms with E-state index in [9.17, 15) is 0 Å². The zero-order valence-electron chi connectivity index (χ0n) is 46.7. The van der Waals surface area contributed by atoms with Crippen molar-refractivity contribution in [1.82, 2.24) is 10.6 Å². The van der Waals surface area contributed by atoms with Gasteiger partial charge in [-0.15, -0.1) is 6.58 Å².